The molecule has 6 nitrogen and oxygen atoms in total. The highest BCUT2D eigenvalue weighted by atomic mass is 19.1. The molecule has 0 saturated heterocycles. The molecule has 2 aromatic heterocycles. The third kappa shape index (κ3) is 4.67. The van der Waals surface area contributed by atoms with Gasteiger partial charge in [-0.2, -0.15) is 10.4 Å². The quantitative estimate of drug-likeness (QED) is 0.474. The van der Waals surface area contributed by atoms with E-state index in [2.05, 4.69) is 18.1 Å². The van der Waals surface area contributed by atoms with Crippen molar-refractivity contribution in [2.45, 2.75) is 82.0 Å². The molecule has 1 saturated carbocycles. The van der Waals surface area contributed by atoms with Crippen LogP contribution in [0, 0.1) is 11.3 Å². The van der Waals surface area contributed by atoms with E-state index in [0.29, 0.717) is 48.8 Å². The summed E-state index contributed by atoms with van der Waals surface area (Å²) in [5.41, 5.74) is 0.908. The van der Waals surface area contributed by atoms with E-state index in [1.807, 2.05) is 16.6 Å². The summed E-state index contributed by atoms with van der Waals surface area (Å²) < 4.78 is 20.7. The zero-order valence-electron chi connectivity index (χ0n) is 21.2. The number of aromatic nitrogens is 3. The Hall–Kier alpha value is -3.50. The number of aryl methyl sites for hydroxylation is 1. The van der Waals surface area contributed by atoms with E-state index >= 15 is 4.39 Å². The van der Waals surface area contributed by atoms with E-state index in [0.717, 1.165) is 24.2 Å². The highest BCUT2D eigenvalue weighted by Crippen LogP contribution is 2.41. The second-order valence-corrected chi connectivity index (χ2v) is 10.3. The fourth-order valence-electron chi connectivity index (χ4n) is 5.96. The Labute approximate surface area is 216 Å². The van der Waals surface area contributed by atoms with Crippen LogP contribution < -0.4 is 5.56 Å². The molecule has 7 heteroatoms. The molecule has 1 N–H and O–H groups in total. The Balaban J connectivity index is 1.66. The van der Waals surface area contributed by atoms with Crippen LogP contribution >= 0.6 is 0 Å². The first-order valence-corrected chi connectivity index (χ1v) is 13.3. The number of nitrogens with zero attached hydrogens (tertiary/aromatic N) is 4. The fourth-order valence-corrected chi connectivity index (χ4v) is 5.96. The average Bonchev–Trinajstić information content (AvgIpc) is 3.39. The van der Waals surface area contributed by atoms with E-state index in [4.69, 9.17) is 0 Å². The molecule has 1 fully saturated rings. The third-order valence-electron chi connectivity index (χ3n) is 7.92. The molecule has 2 unspecified atom stereocenters. The second kappa shape index (κ2) is 10.5. The van der Waals surface area contributed by atoms with Crippen LogP contribution in [0.4, 0.5) is 4.39 Å². The molecular weight excluding hydrogens is 467 g/mol. The smallest absolute Gasteiger partial charge is 0.257 e. The minimum absolute atomic E-state index is 0.0680. The highest BCUT2D eigenvalue weighted by molar-refractivity contribution is 5.48. The number of hydrogen-bond donors (Lipinski definition) is 1. The number of allylic oxidation sites excluding steroid dienone is 4. The number of benzene rings is 1. The van der Waals surface area contributed by atoms with E-state index in [1.165, 1.54) is 6.08 Å². The number of halogens is 1. The predicted molar refractivity (Wildman–Crippen MR) is 141 cm³/mol. The first kappa shape index (κ1) is 25.2. The third-order valence-corrected chi connectivity index (χ3v) is 7.92. The molecular formula is C30H33FN4O2. The Kier molecular flexibility index (Phi) is 7.12. The Morgan fingerprint density at radius 3 is 2.73 bits per heavy atom. The SMILES string of the molecule is CCCCc1c(CC2(F)C=CC=CC2c2ccccc2C#N)c(=O)n(C2CCC(O)CC2)c2ccnn12. The standard InChI is InChI=1S/C30H33FN4O2/c1-2-3-11-27-25(19-30(31)17-7-6-10-26(30)24-9-5-4-8-21(24)20-32)29(37)34(28-16-18-33-35(27)28)22-12-14-23(36)15-13-22/h4-10,16-18,22-23,26,36H,2-3,11-15,19H2,1H3. The van der Waals surface area contributed by atoms with Gasteiger partial charge in [0, 0.05) is 30.0 Å². The number of aliphatic hydroxyl groups is 1. The molecule has 37 heavy (non-hydrogen) atoms. The van der Waals surface area contributed by atoms with Crippen LogP contribution in [0.25, 0.3) is 5.65 Å². The summed E-state index contributed by atoms with van der Waals surface area (Å²) in [4.78, 5) is 14.2. The first-order valence-electron chi connectivity index (χ1n) is 13.3. The molecule has 2 aliphatic rings. The lowest BCUT2D eigenvalue weighted by Gasteiger charge is -2.34. The lowest BCUT2D eigenvalue weighted by atomic mass is 9.75. The summed E-state index contributed by atoms with van der Waals surface area (Å²) >= 11 is 0. The number of fused-ring (bicyclic) bond motifs is 1. The largest absolute Gasteiger partial charge is 0.393 e. The summed E-state index contributed by atoms with van der Waals surface area (Å²) in [6, 6.07) is 11.1. The fraction of sp³-hybridized carbons (Fsp3) is 0.433. The molecule has 2 heterocycles. The van der Waals surface area contributed by atoms with Crippen molar-refractivity contribution in [3.05, 3.63) is 93.6 Å². The molecule has 0 amide bonds. The van der Waals surface area contributed by atoms with Gasteiger partial charge in [0.2, 0.25) is 0 Å². The zero-order valence-corrected chi connectivity index (χ0v) is 21.2. The van der Waals surface area contributed by atoms with Gasteiger partial charge in [0.25, 0.3) is 5.56 Å². The summed E-state index contributed by atoms with van der Waals surface area (Å²) in [6.07, 6.45) is 13.1. The van der Waals surface area contributed by atoms with Crippen LogP contribution in [0.5, 0.6) is 0 Å². The van der Waals surface area contributed by atoms with Crippen molar-refractivity contribution in [2.24, 2.45) is 0 Å². The van der Waals surface area contributed by atoms with E-state index in [1.54, 1.807) is 47.2 Å². The van der Waals surface area contributed by atoms with Crippen molar-refractivity contribution in [3.63, 3.8) is 0 Å². The maximum absolute atomic E-state index is 17.1. The van der Waals surface area contributed by atoms with Crippen LogP contribution in [0.3, 0.4) is 0 Å². The van der Waals surface area contributed by atoms with E-state index in [9.17, 15) is 15.2 Å². The molecule has 0 aliphatic heterocycles. The average molecular weight is 501 g/mol. The van der Waals surface area contributed by atoms with Gasteiger partial charge in [0.05, 0.1) is 29.6 Å². The molecule has 1 aromatic carbocycles. The van der Waals surface area contributed by atoms with Crippen molar-refractivity contribution in [2.75, 3.05) is 0 Å². The number of hydrogen-bond acceptors (Lipinski definition) is 4. The van der Waals surface area contributed by atoms with Gasteiger partial charge in [-0.1, -0.05) is 49.8 Å². The van der Waals surface area contributed by atoms with Crippen LogP contribution in [0.15, 0.2) is 65.6 Å². The summed E-state index contributed by atoms with van der Waals surface area (Å²) in [5.74, 6) is -0.696. The molecule has 2 atom stereocenters. The maximum atomic E-state index is 17.1. The molecule has 5 rings (SSSR count). The van der Waals surface area contributed by atoms with E-state index < -0.39 is 11.6 Å². The van der Waals surface area contributed by atoms with Crippen molar-refractivity contribution in [1.82, 2.24) is 14.2 Å². The minimum Gasteiger partial charge on any atom is -0.393 e. The summed E-state index contributed by atoms with van der Waals surface area (Å²) in [6.45, 7) is 2.09. The highest BCUT2D eigenvalue weighted by Gasteiger charge is 2.41. The van der Waals surface area contributed by atoms with Gasteiger partial charge >= 0.3 is 0 Å². The number of nitriles is 1. The van der Waals surface area contributed by atoms with Crippen molar-refractivity contribution in [3.8, 4) is 6.07 Å². The van der Waals surface area contributed by atoms with E-state index in [-0.39, 0.29) is 24.1 Å². The van der Waals surface area contributed by atoms with Crippen LogP contribution in [-0.4, -0.2) is 31.1 Å². The predicted octanol–water partition coefficient (Wildman–Crippen LogP) is 5.35. The zero-order chi connectivity index (χ0) is 26.0. The molecule has 0 spiro atoms. The number of alkyl halides is 1. The van der Waals surface area contributed by atoms with Crippen molar-refractivity contribution < 1.29 is 9.50 Å². The van der Waals surface area contributed by atoms with Gasteiger partial charge in [-0.25, -0.2) is 8.91 Å². The van der Waals surface area contributed by atoms with Crippen LogP contribution in [-0.2, 0) is 12.8 Å². The van der Waals surface area contributed by atoms with Crippen molar-refractivity contribution >= 4 is 5.65 Å². The topological polar surface area (TPSA) is 83.3 Å². The first-order chi connectivity index (χ1) is 18.0. The number of rotatable bonds is 7. The number of aliphatic hydroxyl groups excluding tert-OH is 1. The van der Waals surface area contributed by atoms with Gasteiger partial charge in [-0.3, -0.25) is 9.36 Å². The van der Waals surface area contributed by atoms with Crippen molar-refractivity contribution in [1.29, 1.82) is 5.26 Å². The lowest BCUT2D eigenvalue weighted by Crippen LogP contribution is -2.39. The second-order valence-electron chi connectivity index (χ2n) is 10.3. The summed E-state index contributed by atoms with van der Waals surface area (Å²) in [5, 5.41) is 24.3. The molecule has 2 aliphatic carbocycles. The maximum Gasteiger partial charge on any atom is 0.257 e. The van der Waals surface area contributed by atoms with Gasteiger partial charge in [0.15, 0.2) is 0 Å². The van der Waals surface area contributed by atoms with Gasteiger partial charge in [-0.05, 0) is 56.2 Å². The molecule has 3 aromatic rings. The van der Waals surface area contributed by atoms with Gasteiger partial charge < -0.3 is 5.11 Å². The Bertz CT molecular complexity index is 1440. The Morgan fingerprint density at radius 2 is 1.97 bits per heavy atom. The Morgan fingerprint density at radius 1 is 1.19 bits per heavy atom. The van der Waals surface area contributed by atoms with Gasteiger partial charge in [0.1, 0.15) is 11.3 Å². The van der Waals surface area contributed by atoms with Crippen LogP contribution in [0.1, 0.15) is 79.8 Å². The minimum atomic E-state index is -1.89. The summed E-state index contributed by atoms with van der Waals surface area (Å²) in [7, 11) is 0. The number of unbranched alkanes of at least 4 members (excludes halogenated alkanes) is 1. The molecule has 0 bridgehead atoms. The van der Waals surface area contributed by atoms with Gasteiger partial charge in [-0.15, -0.1) is 0 Å². The lowest BCUT2D eigenvalue weighted by molar-refractivity contribution is 0.110. The monoisotopic (exact) mass is 500 g/mol. The molecule has 192 valence electrons. The van der Waals surface area contributed by atoms with Crippen LogP contribution in [0.2, 0.25) is 0 Å². The molecule has 0 radical (unpaired) electrons. The normalized spacial score (nSPS) is 25.4.